The fraction of sp³-hybridized carbons (Fsp3) is 0.379. The SMILES string of the molecule is CC(C)(C)OC(=O)NC(Cc1ccc(O)cc1)C(=O)N[C@H]([C@@H]1C[C@@H](S)CN1)S(=O)(=O)c1ccc2ccccc2c1. The van der Waals surface area contributed by atoms with Gasteiger partial charge in [-0.1, -0.05) is 42.5 Å². The molecule has 11 heteroatoms. The van der Waals surface area contributed by atoms with Crippen molar-refractivity contribution in [2.75, 3.05) is 6.54 Å². The second-order valence-corrected chi connectivity index (χ2v) is 13.8. The first kappa shape index (κ1) is 29.7. The Hall–Kier alpha value is -3.28. The van der Waals surface area contributed by atoms with Crippen LogP contribution in [-0.4, -0.2) is 60.4 Å². The third-order valence-corrected chi connectivity index (χ3v) is 8.98. The molecule has 3 aromatic rings. The normalized spacial score (nSPS) is 19.1. The molecule has 1 heterocycles. The van der Waals surface area contributed by atoms with Crippen LogP contribution in [0.4, 0.5) is 4.79 Å². The van der Waals surface area contributed by atoms with Crippen molar-refractivity contribution in [3.63, 3.8) is 0 Å². The number of sulfone groups is 1. The van der Waals surface area contributed by atoms with E-state index in [-0.39, 0.29) is 22.3 Å². The zero-order valence-electron chi connectivity index (χ0n) is 22.6. The Morgan fingerprint density at radius 1 is 1.05 bits per heavy atom. The fourth-order valence-electron chi connectivity index (χ4n) is 4.63. The van der Waals surface area contributed by atoms with Crippen molar-refractivity contribution in [1.29, 1.82) is 0 Å². The van der Waals surface area contributed by atoms with Crippen molar-refractivity contribution in [2.24, 2.45) is 0 Å². The molecule has 4 rings (SSSR count). The average molecular weight is 586 g/mol. The van der Waals surface area contributed by atoms with Crippen LogP contribution in [-0.2, 0) is 25.8 Å². The minimum Gasteiger partial charge on any atom is -0.508 e. The number of hydrogen-bond acceptors (Lipinski definition) is 8. The second kappa shape index (κ2) is 12.1. The van der Waals surface area contributed by atoms with Crippen LogP contribution in [0.25, 0.3) is 10.8 Å². The van der Waals surface area contributed by atoms with Gasteiger partial charge >= 0.3 is 6.09 Å². The van der Waals surface area contributed by atoms with Crippen LogP contribution < -0.4 is 16.0 Å². The molecule has 1 saturated heterocycles. The van der Waals surface area contributed by atoms with Crippen LogP contribution in [0.3, 0.4) is 0 Å². The van der Waals surface area contributed by atoms with Crippen LogP contribution in [0.1, 0.15) is 32.8 Å². The summed E-state index contributed by atoms with van der Waals surface area (Å²) in [6.45, 7) is 5.59. The number of phenols is 1. The molecule has 3 aromatic carbocycles. The van der Waals surface area contributed by atoms with Gasteiger partial charge < -0.3 is 25.8 Å². The highest BCUT2D eigenvalue weighted by atomic mass is 32.2. The van der Waals surface area contributed by atoms with E-state index < -0.39 is 44.9 Å². The summed E-state index contributed by atoms with van der Waals surface area (Å²) in [4.78, 5) is 26.4. The Bertz CT molecular complexity index is 1470. The van der Waals surface area contributed by atoms with E-state index in [2.05, 4.69) is 28.6 Å². The summed E-state index contributed by atoms with van der Waals surface area (Å²) in [5.41, 5.74) is -0.154. The molecule has 2 amide bonds. The lowest BCUT2D eigenvalue weighted by atomic mass is 10.0. The van der Waals surface area contributed by atoms with Crippen molar-refractivity contribution >= 4 is 45.2 Å². The summed E-state index contributed by atoms with van der Waals surface area (Å²) >= 11 is 4.50. The maximum Gasteiger partial charge on any atom is 0.408 e. The van der Waals surface area contributed by atoms with Gasteiger partial charge in [0.25, 0.3) is 0 Å². The van der Waals surface area contributed by atoms with Crippen molar-refractivity contribution < 1.29 is 27.9 Å². The Labute approximate surface area is 240 Å². The number of rotatable bonds is 8. The van der Waals surface area contributed by atoms with Gasteiger partial charge in [0, 0.05) is 24.3 Å². The van der Waals surface area contributed by atoms with Gasteiger partial charge in [-0.3, -0.25) is 4.79 Å². The van der Waals surface area contributed by atoms with E-state index >= 15 is 0 Å². The predicted octanol–water partition coefficient (Wildman–Crippen LogP) is 3.56. The van der Waals surface area contributed by atoms with E-state index in [0.717, 1.165) is 10.8 Å². The summed E-state index contributed by atoms with van der Waals surface area (Å²) in [6, 6.07) is 16.8. The van der Waals surface area contributed by atoms with Gasteiger partial charge in [-0.25, -0.2) is 13.2 Å². The standard InChI is InChI=1S/C29H35N3O6S2/c1-29(2,3)38-28(35)31-24(14-18-8-11-21(33)12-9-18)26(34)32-27(25-16-22(39)17-30-25)40(36,37)23-13-10-19-6-4-5-7-20(19)15-23/h4-13,15,22,24-25,27,30,33,39H,14,16-17H2,1-3H3,(H,31,35)(H,32,34)/t22-,24?,25+,27+/m1/s1. The number of phenolic OH excluding ortho intramolecular Hbond substituents is 1. The summed E-state index contributed by atoms with van der Waals surface area (Å²) in [7, 11) is -4.07. The highest BCUT2D eigenvalue weighted by Crippen LogP contribution is 2.26. The zero-order valence-corrected chi connectivity index (χ0v) is 24.3. The summed E-state index contributed by atoms with van der Waals surface area (Å²) < 4.78 is 33.4. The number of alkyl carbamates (subject to hydrolysis) is 1. The fourth-order valence-corrected chi connectivity index (χ4v) is 6.72. The number of thiol groups is 1. The van der Waals surface area contributed by atoms with Gasteiger partial charge in [0.1, 0.15) is 17.4 Å². The van der Waals surface area contributed by atoms with Crippen LogP contribution in [0.2, 0.25) is 0 Å². The molecule has 4 atom stereocenters. The van der Waals surface area contributed by atoms with E-state index in [4.69, 9.17) is 4.74 Å². The number of benzene rings is 3. The van der Waals surface area contributed by atoms with Crippen LogP contribution >= 0.6 is 12.6 Å². The molecular formula is C29H35N3O6S2. The molecular weight excluding hydrogens is 550 g/mol. The maximum absolute atomic E-state index is 14.0. The number of carbonyl (C=O) groups is 2. The third kappa shape index (κ3) is 7.47. The minimum atomic E-state index is -4.07. The summed E-state index contributed by atoms with van der Waals surface area (Å²) in [6.07, 6.45) is -0.348. The molecule has 0 radical (unpaired) electrons. The predicted molar refractivity (Wildman–Crippen MR) is 157 cm³/mol. The van der Waals surface area contributed by atoms with Gasteiger partial charge in [-0.2, -0.15) is 12.6 Å². The first-order valence-corrected chi connectivity index (χ1v) is 15.1. The quantitative estimate of drug-likeness (QED) is 0.255. The molecule has 1 unspecified atom stereocenters. The highest BCUT2D eigenvalue weighted by Gasteiger charge is 2.41. The number of fused-ring (bicyclic) bond motifs is 1. The van der Waals surface area contributed by atoms with Crippen molar-refractivity contribution in [1.82, 2.24) is 16.0 Å². The van der Waals surface area contributed by atoms with Crippen LogP contribution in [0, 0.1) is 0 Å². The number of ether oxygens (including phenoxy) is 1. The Balaban J connectivity index is 1.65. The zero-order chi connectivity index (χ0) is 29.1. The Morgan fingerprint density at radius 2 is 1.73 bits per heavy atom. The van der Waals surface area contributed by atoms with E-state index in [1.54, 1.807) is 45.0 Å². The number of amides is 2. The molecule has 9 nitrogen and oxygen atoms in total. The summed E-state index contributed by atoms with van der Waals surface area (Å²) in [5.74, 6) is -0.627. The van der Waals surface area contributed by atoms with Gasteiger partial charge in [-0.15, -0.1) is 0 Å². The first-order chi connectivity index (χ1) is 18.8. The van der Waals surface area contributed by atoms with E-state index in [0.29, 0.717) is 18.5 Å². The van der Waals surface area contributed by atoms with Crippen LogP contribution in [0.15, 0.2) is 71.6 Å². The Morgan fingerprint density at radius 3 is 2.35 bits per heavy atom. The lowest BCUT2D eigenvalue weighted by molar-refractivity contribution is -0.123. The topological polar surface area (TPSA) is 134 Å². The smallest absolute Gasteiger partial charge is 0.408 e. The molecule has 1 aliphatic heterocycles. The largest absolute Gasteiger partial charge is 0.508 e. The molecule has 214 valence electrons. The van der Waals surface area contributed by atoms with Gasteiger partial charge in [0.2, 0.25) is 15.7 Å². The molecule has 0 bridgehead atoms. The molecule has 0 aromatic heterocycles. The average Bonchev–Trinajstić information content (AvgIpc) is 3.32. The van der Waals surface area contributed by atoms with E-state index in [1.165, 1.54) is 18.2 Å². The summed E-state index contributed by atoms with van der Waals surface area (Å²) in [5, 5.41) is 18.4. The lowest BCUT2D eigenvalue weighted by Gasteiger charge is -2.28. The molecule has 1 aliphatic rings. The minimum absolute atomic E-state index is 0.0430. The molecule has 40 heavy (non-hydrogen) atoms. The highest BCUT2D eigenvalue weighted by molar-refractivity contribution is 7.92. The Kier molecular flexibility index (Phi) is 8.96. The molecule has 0 spiro atoms. The molecule has 4 N–H and O–H groups in total. The number of nitrogens with one attached hydrogen (secondary N) is 3. The second-order valence-electron chi connectivity index (χ2n) is 11.0. The van der Waals surface area contributed by atoms with Gasteiger partial charge in [0.05, 0.1) is 4.90 Å². The van der Waals surface area contributed by atoms with E-state index in [9.17, 15) is 23.1 Å². The monoisotopic (exact) mass is 585 g/mol. The van der Waals surface area contributed by atoms with E-state index in [1.807, 2.05) is 24.3 Å². The maximum atomic E-state index is 14.0. The lowest BCUT2D eigenvalue weighted by Crippen LogP contribution is -2.57. The van der Waals surface area contributed by atoms with Crippen molar-refractivity contribution in [3.05, 3.63) is 72.3 Å². The molecule has 0 aliphatic carbocycles. The van der Waals surface area contributed by atoms with Crippen LogP contribution in [0.5, 0.6) is 5.75 Å². The molecule has 0 saturated carbocycles. The number of aromatic hydroxyl groups is 1. The van der Waals surface area contributed by atoms with Crippen molar-refractivity contribution in [3.8, 4) is 5.75 Å². The van der Waals surface area contributed by atoms with Crippen molar-refractivity contribution in [2.45, 2.75) is 66.8 Å². The third-order valence-electron chi connectivity index (χ3n) is 6.56. The number of hydrogen-bond donors (Lipinski definition) is 5. The van der Waals surface area contributed by atoms with Gasteiger partial charge in [0.15, 0.2) is 5.37 Å². The first-order valence-electron chi connectivity index (χ1n) is 13.0. The van der Waals surface area contributed by atoms with Gasteiger partial charge in [-0.05, 0) is 67.8 Å². The molecule has 1 fully saturated rings. The number of carbonyl (C=O) groups excluding carboxylic acids is 2.